The molecule has 10 heteroatoms. The zero-order chi connectivity index (χ0) is 24.7. The minimum absolute atomic E-state index is 0.0712. The third-order valence-corrected chi connectivity index (χ3v) is 6.81. The van der Waals surface area contributed by atoms with Gasteiger partial charge < -0.3 is 21.5 Å². The van der Waals surface area contributed by atoms with E-state index < -0.39 is 17.9 Å². The molecule has 1 aromatic heterocycles. The van der Waals surface area contributed by atoms with E-state index in [4.69, 9.17) is 16.2 Å². The molecule has 1 fully saturated rings. The third-order valence-electron chi connectivity index (χ3n) is 5.96. The summed E-state index contributed by atoms with van der Waals surface area (Å²) in [5.74, 6) is -0.847. The van der Waals surface area contributed by atoms with Crippen LogP contribution in [0.4, 0.5) is 11.4 Å². The number of ether oxygens (including phenoxy) is 1. The molecule has 0 bridgehead atoms. The van der Waals surface area contributed by atoms with Crippen molar-refractivity contribution in [3.05, 3.63) is 34.8 Å². The van der Waals surface area contributed by atoms with Crippen molar-refractivity contribution in [2.24, 2.45) is 5.73 Å². The van der Waals surface area contributed by atoms with Crippen LogP contribution >= 0.6 is 11.5 Å². The number of benzene rings is 1. The van der Waals surface area contributed by atoms with Gasteiger partial charge in [-0.25, -0.2) is 0 Å². The molecule has 9 nitrogen and oxygen atoms in total. The highest BCUT2D eigenvalue weighted by Crippen LogP contribution is 2.30. The molecule has 1 aliphatic carbocycles. The maximum atomic E-state index is 13.7. The van der Waals surface area contributed by atoms with E-state index in [1.807, 2.05) is 6.92 Å². The summed E-state index contributed by atoms with van der Waals surface area (Å²) < 4.78 is 9.69. The fourth-order valence-corrected chi connectivity index (χ4v) is 4.81. The molecule has 3 rings (SSSR count). The van der Waals surface area contributed by atoms with Crippen molar-refractivity contribution in [2.45, 2.75) is 70.9 Å². The number of hydrogen-bond donors (Lipinski definition) is 3. The zero-order valence-electron chi connectivity index (χ0n) is 19.7. The van der Waals surface area contributed by atoms with Crippen molar-refractivity contribution in [3.8, 4) is 5.75 Å². The van der Waals surface area contributed by atoms with E-state index in [9.17, 15) is 14.4 Å². The SMILES string of the molecule is CCCCOc1ccc(N(C(=O)c2snc(C(N)=O)c2N)[C@H](CC)C(=O)NC2CCCC2)cc1. The van der Waals surface area contributed by atoms with Crippen LogP contribution in [0.1, 0.15) is 79.0 Å². The quantitative estimate of drug-likeness (QED) is 0.414. The van der Waals surface area contributed by atoms with Gasteiger partial charge in [-0.05, 0) is 61.5 Å². The number of nitrogen functional groups attached to an aromatic ring is 1. The Kier molecular flexibility index (Phi) is 8.86. The highest BCUT2D eigenvalue weighted by Gasteiger charge is 2.34. The van der Waals surface area contributed by atoms with Crippen LogP contribution in [0.5, 0.6) is 5.75 Å². The van der Waals surface area contributed by atoms with Crippen molar-refractivity contribution in [3.63, 3.8) is 0 Å². The van der Waals surface area contributed by atoms with Crippen LogP contribution in [0.2, 0.25) is 0 Å². The molecule has 0 unspecified atom stereocenters. The van der Waals surface area contributed by atoms with Crippen LogP contribution < -0.4 is 26.4 Å². The summed E-state index contributed by atoms with van der Waals surface area (Å²) in [5, 5.41) is 3.10. The monoisotopic (exact) mass is 487 g/mol. The van der Waals surface area contributed by atoms with Crippen molar-refractivity contribution in [1.29, 1.82) is 0 Å². The van der Waals surface area contributed by atoms with E-state index in [1.165, 1.54) is 4.90 Å². The van der Waals surface area contributed by atoms with Crippen LogP contribution in [0.25, 0.3) is 0 Å². The van der Waals surface area contributed by atoms with E-state index in [0.29, 0.717) is 24.5 Å². The molecule has 1 aliphatic rings. The first kappa shape index (κ1) is 25.5. The first-order chi connectivity index (χ1) is 16.4. The summed E-state index contributed by atoms with van der Waals surface area (Å²) in [6, 6.07) is 6.39. The topological polar surface area (TPSA) is 141 Å². The van der Waals surface area contributed by atoms with Crippen LogP contribution in [0.3, 0.4) is 0 Å². The number of rotatable bonds is 11. The molecule has 0 spiro atoms. The summed E-state index contributed by atoms with van der Waals surface area (Å²) in [4.78, 5) is 40.1. The molecule has 0 aliphatic heterocycles. The lowest BCUT2D eigenvalue weighted by atomic mass is 10.1. The molecule has 1 aromatic carbocycles. The van der Waals surface area contributed by atoms with Gasteiger partial charge in [-0.15, -0.1) is 0 Å². The first-order valence-electron chi connectivity index (χ1n) is 11.8. The van der Waals surface area contributed by atoms with Gasteiger partial charge in [0.05, 0.1) is 12.3 Å². The van der Waals surface area contributed by atoms with Gasteiger partial charge in [-0.3, -0.25) is 19.3 Å². The number of nitrogens with zero attached hydrogens (tertiary/aromatic N) is 2. The average molecular weight is 488 g/mol. The number of anilines is 2. The van der Waals surface area contributed by atoms with Gasteiger partial charge in [0.15, 0.2) is 5.69 Å². The summed E-state index contributed by atoms with van der Waals surface area (Å²) in [5.41, 5.74) is 11.7. The van der Waals surface area contributed by atoms with Gasteiger partial charge in [0.25, 0.3) is 11.8 Å². The van der Waals surface area contributed by atoms with E-state index in [2.05, 4.69) is 16.6 Å². The molecular formula is C24H33N5O4S. The van der Waals surface area contributed by atoms with Gasteiger partial charge in [0, 0.05) is 11.7 Å². The van der Waals surface area contributed by atoms with Crippen LogP contribution in [-0.2, 0) is 4.79 Å². The Morgan fingerprint density at radius 3 is 2.44 bits per heavy atom. The smallest absolute Gasteiger partial charge is 0.272 e. The van der Waals surface area contributed by atoms with Crippen molar-refractivity contribution in [1.82, 2.24) is 9.69 Å². The van der Waals surface area contributed by atoms with Crippen molar-refractivity contribution < 1.29 is 19.1 Å². The van der Waals surface area contributed by atoms with Crippen LogP contribution in [-0.4, -0.2) is 40.8 Å². The molecule has 5 N–H and O–H groups in total. The Labute approximate surface area is 204 Å². The van der Waals surface area contributed by atoms with E-state index in [1.54, 1.807) is 24.3 Å². The highest BCUT2D eigenvalue weighted by molar-refractivity contribution is 7.09. The van der Waals surface area contributed by atoms with Crippen LogP contribution in [0.15, 0.2) is 24.3 Å². The number of primary amides is 1. The number of hydrogen-bond acceptors (Lipinski definition) is 7. The Hall–Kier alpha value is -3.14. The summed E-state index contributed by atoms with van der Waals surface area (Å²) in [6.45, 7) is 4.55. The molecule has 1 saturated carbocycles. The predicted molar refractivity (Wildman–Crippen MR) is 133 cm³/mol. The lowest BCUT2D eigenvalue weighted by Gasteiger charge is -2.31. The molecule has 0 saturated heterocycles. The Morgan fingerprint density at radius 1 is 1.21 bits per heavy atom. The minimum atomic E-state index is -0.807. The Bertz CT molecular complexity index is 1000. The summed E-state index contributed by atoms with van der Waals surface area (Å²) in [7, 11) is 0. The van der Waals surface area contributed by atoms with Gasteiger partial charge in [-0.1, -0.05) is 33.1 Å². The maximum Gasteiger partial charge on any atom is 0.272 e. The molecule has 2 aromatic rings. The van der Waals surface area contributed by atoms with Gasteiger partial charge in [-0.2, -0.15) is 4.37 Å². The average Bonchev–Trinajstić information content (AvgIpc) is 3.47. The second kappa shape index (κ2) is 11.8. The minimum Gasteiger partial charge on any atom is -0.494 e. The third kappa shape index (κ3) is 5.85. The molecule has 184 valence electrons. The largest absolute Gasteiger partial charge is 0.494 e. The molecule has 34 heavy (non-hydrogen) atoms. The van der Waals surface area contributed by atoms with E-state index >= 15 is 0 Å². The number of aromatic nitrogens is 1. The Balaban J connectivity index is 1.94. The number of amides is 3. The number of nitrogens with one attached hydrogen (secondary N) is 1. The summed E-state index contributed by atoms with van der Waals surface area (Å²) in [6.07, 6.45) is 6.39. The predicted octanol–water partition coefficient (Wildman–Crippen LogP) is 3.49. The molecule has 1 heterocycles. The fourth-order valence-electron chi connectivity index (χ4n) is 4.07. The van der Waals surface area contributed by atoms with Crippen molar-refractivity contribution in [2.75, 3.05) is 17.2 Å². The standard InChI is InChI=1S/C24H33N5O4S/c1-3-5-14-33-17-12-10-16(11-13-17)29(18(4-2)23(31)27-15-8-6-7-9-15)24(32)21-19(25)20(22(26)30)28-34-21/h10-13,15,18H,3-9,14,25H2,1-2H3,(H2,26,30)(H,27,31)/t18-/m1/s1. The normalized spacial score (nSPS) is 14.5. The first-order valence-corrected chi connectivity index (χ1v) is 12.6. The second-order valence-electron chi connectivity index (χ2n) is 8.42. The number of nitrogens with two attached hydrogens (primary N) is 2. The summed E-state index contributed by atoms with van der Waals surface area (Å²) >= 11 is 0.801. The van der Waals surface area contributed by atoms with E-state index in [-0.39, 0.29) is 28.2 Å². The highest BCUT2D eigenvalue weighted by atomic mass is 32.1. The van der Waals surface area contributed by atoms with Crippen molar-refractivity contribution >= 4 is 40.6 Å². The number of carbonyl (C=O) groups is 3. The van der Waals surface area contributed by atoms with Crippen LogP contribution in [0, 0.1) is 0 Å². The zero-order valence-corrected chi connectivity index (χ0v) is 20.5. The second-order valence-corrected chi connectivity index (χ2v) is 9.20. The fraction of sp³-hybridized carbons (Fsp3) is 0.500. The number of unbranched alkanes of at least 4 members (excludes halogenated alkanes) is 1. The van der Waals surface area contributed by atoms with Gasteiger partial charge in [0.2, 0.25) is 5.91 Å². The van der Waals surface area contributed by atoms with Gasteiger partial charge in [0.1, 0.15) is 16.7 Å². The van der Waals surface area contributed by atoms with Gasteiger partial charge >= 0.3 is 0 Å². The molecule has 3 amide bonds. The molecule has 1 atom stereocenters. The molecule has 0 radical (unpaired) electrons. The lowest BCUT2D eigenvalue weighted by Crippen LogP contribution is -2.51. The van der Waals surface area contributed by atoms with E-state index in [0.717, 1.165) is 50.1 Å². The molecular weight excluding hydrogens is 454 g/mol. The maximum absolute atomic E-state index is 13.7. The lowest BCUT2D eigenvalue weighted by molar-refractivity contribution is -0.123. The Morgan fingerprint density at radius 2 is 1.88 bits per heavy atom. The number of carbonyl (C=O) groups excluding carboxylic acids is 3.